The Hall–Kier alpha value is -1.74. The van der Waals surface area contributed by atoms with Crippen molar-refractivity contribution in [2.24, 2.45) is 23.5 Å². The molecule has 0 radical (unpaired) electrons. The molecule has 1 amide bonds. The number of nitrogens with one attached hydrogen (secondary N) is 1. The molecule has 0 aromatic carbocycles. The third-order valence-corrected chi connectivity index (χ3v) is 4.78. The van der Waals surface area contributed by atoms with E-state index in [0.717, 1.165) is 25.7 Å². The number of nitrogens with two attached hydrogens (primary N) is 1. The van der Waals surface area contributed by atoms with Crippen LogP contribution in [0.25, 0.3) is 0 Å². The SMILES string of the molecule is N[C@@H](CCCCOC(=O)NCC1C2CCC#CCCC21)C(=O)O. The molecule has 6 heteroatoms. The standard InChI is InChI=1S/C17H26N2O4/c18-15(16(20)21)9-5-6-10-23-17(22)19-11-14-12-7-3-1-2-4-8-13(12)14/h12-15H,3-11,18H2,(H,19,22)(H,20,21)/t12?,13?,14?,15-/m0/s1. The number of ether oxygens (including phenoxy) is 1. The first kappa shape index (κ1) is 17.6. The number of amides is 1. The number of fused-ring (bicyclic) bond motifs is 1. The van der Waals surface area contributed by atoms with Gasteiger partial charge in [-0.05, 0) is 49.9 Å². The van der Waals surface area contributed by atoms with Gasteiger partial charge in [-0.25, -0.2) is 4.79 Å². The van der Waals surface area contributed by atoms with Gasteiger partial charge in [0.25, 0.3) is 0 Å². The third-order valence-electron chi connectivity index (χ3n) is 4.78. The Kier molecular flexibility index (Phi) is 6.72. The first-order chi connectivity index (χ1) is 11.1. The van der Waals surface area contributed by atoms with Gasteiger partial charge in [0.15, 0.2) is 0 Å². The van der Waals surface area contributed by atoms with Gasteiger partial charge >= 0.3 is 12.1 Å². The van der Waals surface area contributed by atoms with Crippen LogP contribution in [0.5, 0.6) is 0 Å². The minimum atomic E-state index is -0.994. The van der Waals surface area contributed by atoms with Crippen molar-refractivity contribution < 1.29 is 19.4 Å². The Morgan fingerprint density at radius 1 is 1.22 bits per heavy atom. The molecule has 2 rings (SSSR count). The summed E-state index contributed by atoms with van der Waals surface area (Å²) < 4.78 is 5.10. The second kappa shape index (κ2) is 8.78. The maximum atomic E-state index is 11.6. The lowest BCUT2D eigenvalue weighted by atomic mass is 10.1. The lowest BCUT2D eigenvalue weighted by Gasteiger charge is -2.08. The van der Waals surface area contributed by atoms with Crippen LogP contribution in [0, 0.1) is 29.6 Å². The minimum absolute atomic E-state index is 0.295. The number of hydrogen-bond donors (Lipinski definition) is 3. The molecule has 4 N–H and O–H groups in total. The number of rotatable bonds is 8. The fourth-order valence-electron chi connectivity index (χ4n) is 3.34. The summed E-state index contributed by atoms with van der Waals surface area (Å²) in [6, 6.07) is -0.834. The average Bonchev–Trinajstić information content (AvgIpc) is 3.14. The fourth-order valence-corrected chi connectivity index (χ4v) is 3.34. The van der Waals surface area contributed by atoms with Gasteiger partial charge in [-0.2, -0.15) is 0 Å². The summed E-state index contributed by atoms with van der Waals surface area (Å²) in [6.45, 7) is 0.974. The monoisotopic (exact) mass is 322 g/mol. The van der Waals surface area contributed by atoms with Crippen LogP contribution in [0.3, 0.4) is 0 Å². The highest BCUT2D eigenvalue weighted by atomic mass is 16.5. The van der Waals surface area contributed by atoms with E-state index in [4.69, 9.17) is 15.6 Å². The summed E-state index contributed by atoms with van der Waals surface area (Å²) in [5.41, 5.74) is 5.40. The minimum Gasteiger partial charge on any atom is -0.480 e. The quantitative estimate of drug-likeness (QED) is 0.467. The number of unbranched alkanes of at least 4 members (excludes halogenated alkanes) is 1. The third kappa shape index (κ3) is 5.76. The van der Waals surface area contributed by atoms with Crippen LogP contribution in [-0.2, 0) is 9.53 Å². The molecule has 3 atom stereocenters. The maximum absolute atomic E-state index is 11.6. The van der Waals surface area contributed by atoms with Crippen molar-refractivity contribution in [3.8, 4) is 11.8 Å². The molecule has 0 bridgehead atoms. The molecule has 0 aliphatic heterocycles. The molecule has 0 saturated heterocycles. The number of aliphatic carboxylic acids is 1. The van der Waals surface area contributed by atoms with Crippen molar-refractivity contribution in [2.45, 2.75) is 51.0 Å². The molecular formula is C17H26N2O4. The van der Waals surface area contributed by atoms with Gasteiger partial charge in [-0.3, -0.25) is 4.79 Å². The zero-order valence-electron chi connectivity index (χ0n) is 13.4. The highest BCUT2D eigenvalue weighted by Gasteiger charge is 2.48. The zero-order chi connectivity index (χ0) is 16.7. The number of carboxylic acids is 1. The van der Waals surface area contributed by atoms with Crippen molar-refractivity contribution in [3.63, 3.8) is 0 Å². The van der Waals surface area contributed by atoms with Crippen LogP contribution in [0.1, 0.15) is 44.9 Å². The summed E-state index contributed by atoms with van der Waals surface area (Å²) in [6.07, 6.45) is 5.50. The van der Waals surface area contributed by atoms with E-state index in [-0.39, 0.29) is 6.09 Å². The Balaban J connectivity index is 1.50. The zero-order valence-corrected chi connectivity index (χ0v) is 13.4. The van der Waals surface area contributed by atoms with E-state index in [0.29, 0.717) is 50.2 Å². The van der Waals surface area contributed by atoms with E-state index in [1.54, 1.807) is 0 Å². The summed E-state index contributed by atoms with van der Waals surface area (Å²) in [4.78, 5) is 22.2. The van der Waals surface area contributed by atoms with Crippen LogP contribution in [-0.4, -0.2) is 36.4 Å². The van der Waals surface area contributed by atoms with Crippen LogP contribution in [0.15, 0.2) is 0 Å². The van der Waals surface area contributed by atoms with E-state index < -0.39 is 12.0 Å². The first-order valence-corrected chi connectivity index (χ1v) is 8.44. The lowest BCUT2D eigenvalue weighted by molar-refractivity contribution is -0.138. The number of hydrogen-bond acceptors (Lipinski definition) is 4. The van der Waals surface area contributed by atoms with E-state index in [2.05, 4.69) is 17.2 Å². The molecule has 1 fully saturated rings. The molecule has 2 unspecified atom stereocenters. The largest absolute Gasteiger partial charge is 0.480 e. The average molecular weight is 322 g/mol. The van der Waals surface area contributed by atoms with Gasteiger partial charge in [0.2, 0.25) is 0 Å². The smallest absolute Gasteiger partial charge is 0.407 e. The summed E-state index contributed by atoms with van der Waals surface area (Å²) >= 11 is 0. The van der Waals surface area contributed by atoms with Gasteiger partial charge in [0, 0.05) is 19.4 Å². The van der Waals surface area contributed by atoms with Gasteiger partial charge in [0.1, 0.15) is 6.04 Å². The topological polar surface area (TPSA) is 102 Å². The van der Waals surface area contributed by atoms with Crippen LogP contribution < -0.4 is 11.1 Å². The molecule has 6 nitrogen and oxygen atoms in total. The van der Waals surface area contributed by atoms with Crippen molar-refractivity contribution in [1.82, 2.24) is 5.32 Å². The predicted molar refractivity (Wildman–Crippen MR) is 85.5 cm³/mol. The van der Waals surface area contributed by atoms with E-state index in [1.807, 2.05) is 0 Å². The van der Waals surface area contributed by atoms with E-state index >= 15 is 0 Å². The van der Waals surface area contributed by atoms with Gasteiger partial charge in [-0.1, -0.05) is 0 Å². The molecule has 23 heavy (non-hydrogen) atoms. The molecule has 0 heterocycles. The molecule has 0 aromatic heterocycles. The van der Waals surface area contributed by atoms with E-state index in [1.165, 1.54) is 0 Å². The van der Waals surface area contributed by atoms with Crippen molar-refractivity contribution in [1.29, 1.82) is 0 Å². The maximum Gasteiger partial charge on any atom is 0.407 e. The van der Waals surface area contributed by atoms with E-state index in [9.17, 15) is 9.59 Å². The van der Waals surface area contributed by atoms with Crippen LogP contribution >= 0.6 is 0 Å². The second-order valence-electron chi connectivity index (χ2n) is 6.38. The van der Waals surface area contributed by atoms with Crippen LogP contribution in [0.4, 0.5) is 4.79 Å². The Morgan fingerprint density at radius 3 is 2.48 bits per heavy atom. The fraction of sp³-hybridized carbons (Fsp3) is 0.765. The highest BCUT2D eigenvalue weighted by Crippen LogP contribution is 2.51. The molecule has 0 spiro atoms. The van der Waals surface area contributed by atoms with Gasteiger partial charge in [0.05, 0.1) is 6.61 Å². The molecule has 2 aliphatic carbocycles. The normalized spacial score (nSPS) is 26.6. The van der Waals surface area contributed by atoms with Crippen LogP contribution in [0.2, 0.25) is 0 Å². The Labute approximate surface area is 137 Å². The number of alkyl carbamates (subject to hydrolysis) is 1. The predicted octanol–water partition coefficient (Wildman–Crippen LogP) is 1.73. The Morgan fingerprint density at radius 2 is 1.87 bits per heavy atom. The Bertz CT molecular complexity index is 465. The lowest BCUT2D eigenvalue weighted by Crippen LogP contribution is -2.30. The number of carbonyl (C=O) groups is 2. The number of carboxylic acid groups (broad SMARTS) is 1. The van der Waals surface area contributed by atoms with Crippen molar-refractivity contribution in [3.05, 3.63) is 0 Å². The highest BCUT2D eigenvalue weighted by molar-refractivity contribution is 5.72. The summed E-state index contributed by atoms with van der Waals surface area (Å²) in [5, 5.41) is 11.5. The molecule has 2 aliphatic rings. The first-order valence-electron chi connectivity index (χ1n) is 8.44. The number of carbonyl (C=O) groups excluding carboxylic acids is 1. The molecular weight excluding hydrogens is 296 g/mol. The molecule has 1 saturated carbocycles. The summed E-state index contributed by atoms with van der Waals surface area (Å²) in [7, 11) is 0. The van der Waals surface area contributed by atoms with Crippen molar-refractivity contribution in [2.75, 3.05) is 13.2 Å². The summed E-state index contributed by atoms with van der Waals surface area (Å²) in [5.74, 6) is 7.35. The molecule has 0 aromatic rings. The molecule has 128 valence electrons. The second-order valence-corrected chi connectivity index (χ2v) is 6.38. The van der Waals surface area contributed by atoms with Crippen molar-refractivity contribution >= 4 is 12.1 Å². The van der Waals surface area contributed by atoms with Gasteiger partial charge in [-0.15, -0.1) is 11.8 Å². The van der Waals surface area contributed by atoms with Gasteiger partial charge < -0.3 is 20.9 Å².